The molecule has 1 heterocycles. The van der Waals surface area contributed by atoms with Gasteiger partial charge in [-0.15, -0.1) is 0 Å². The topological polar surface area (TPSA) is 53.4 Å². The van der Waals surface area contributed by atoms with Gasteiger partial charge in [-0.05, 0) is 24.6 Å². The number of aryl methyl sites for hydroxylation is 1. The first-order chi connectivity index (χ1) is 6.15. The second-order valence-corrected chi connectivity index (χ2v) is 3.54. The second kappa shape index (κ2) is 4.69. The first-order valence-corrected chi connectivity index (χ1v) is 5.12. The molecule has 0 spiro atoms. The van der Waals surface area contributed by atoms with Crippen LogP contribution in [0.3, 0.4) is 0 Å². The summed E-state index contributed by atoms with van der Waals surface area (Å²) in [7, 11) is 0. The third kappa shape index (κ3) is 2.76. The van der Waals surface area contributed by atoms with E-state index in [1.807, 2.05) is 6.92 Å². The summed E-state index contributed by atoms with van der Waals surface area (Å²) in [6.07, 6.45) is -0.00246. The van der Waals surface area contributed by atoms with Crippen LogP contribution < -0.4 is 0 Å². The van der Waals surface area contributed by atoms with Crippen molar-refractivity contribution in [1.29, 1.82) is 0 Å². The average molecular weight is 246 g/mol. The summed E-state index contributed by atoms with van der Waals surface area (Å²) in [5.41, 5.74) is 1.53. The average Bonchev–Trinajstić information content (AvgIpc) is 2.15. The molecule has 0 aromatic carbocycles. The van der Waals surface area contributed by atoms with Gasteiger partial charge in [-0.3, -0.25) is 4.98 Å². The molecule has 0 saturated carbocycles. The van der Waals surface area contributed by atoms with E-state index in [0.717, 1.165) is 5.69 Å². The zero-order valence-electron chi connectivity index (χ0n) is 7.31. The highest BCUT2D eigenvalue weighted by Gasteiger charge is 2.16. The zero-order chi connectivity index (χ0) is 9.84. The molecule has 1 aromatic rings. The number of hydrogen-bond donors (Lipinski definition) is 2. The van der Waals surface area contributed by atoms with Crippen LogP contribution in [0.15, 0.2) is 18.3 Å². The maximum atomic E-state index is 9.61. The van der Waals surface area contributed by atoms with Gasteiger partial charge in [-0.25, -0.2) is 0 Å². The first kappa shape index (κ1) is 10.6. The molecule has 2 atom stereocenters. The van der Waals surface area contributed by atoms with Crippen molar-refractivity contribution in [3.63, 3.8) is 0 Å². The van der Waals surface area contributed by atoms with Crippen molar-refractivity contribution in [3.05, 3.63) is 29.6 Å². The SMILES string of the molecule is Cc1cc(C(O)C(O)CBr)ccn1. The van der Waals surface area contributed by atoms with Gasteiger partial charge in [0.15, 0.2) is 0 Å². The molecular formula is C9H12BrNO2. The normalized spacial score (nSPS) is 15.4. The number of alkyl halides is 1. The van der Waals surface area contributed by atoms with E-state index < -0.39 is 12.2 Å². The molecule has 4 heteroatoms. The minimum Gasteiger partial charge on any atom is -0.389 e. The lowest BCUT2D eigenvalue weighted by atomic mass is 10.1. The quantitative estimate of drug-likeness (QED) is 0.787. The van der Waals surface area contributed by atoms with Crippen molar-refractivity contribution in [3.8, 4) is 0 Å². The van der Waals surface area contributed by atoms with Crippen LogP contribution in [0.25, 0.3) is 0 Å². The van der Waals surface area contributed by atoms with Crippen LogP contribution >= 0.6 is 15.9 Å². The van der Waals surface area contributed by atoms with Gasteiger partial charge in [0.1, 0.15) is 6.10 Å². The molecule has 0 bridgehead atoms. The number of pyridine rings is 1. The van der Waals surface area contributed by atoms with Crippen LogP contribution in [-0.4, -0.2) is 26.6 Å². The van der Waals surface area contributed by atoms with E-state index in [4.69, 9.17) is 0 Å². The van der Waals surface area contributed by atoms with Gasteiger partial charge in [0.2, 0.25) is 0 Å². The van der Waals surface area contributed by atoms with E-state index in [2.05, 4.69) is 20.9 Å². The molecule has 1 rings (SSSR count). The molecule has 3 nitrogen and oxygen atoms in total. The van der Waals surface area contributed by atoms with E-state index in [1.54, 1.807) is 18.3 Å². The van der Waals surface area contributed by atoms with Crippen molar-refractivity contribution < 1.29 is 10.2 Å². The van der Waals surface area contributed by atoms with Gasteiger partial charge in [0, 0.05) is 17.2 Å². The van der Waals surface area contributed by atoms with Crippen LogP contribution in [-0.2, 0) is 0 Å². The maximum Gasteiger partial charge on any atom is 0.106 e. The molecule has 72 valence electrons. The molecular weight excluding hydrogens is 234 g/mol. The van der Waals surface area contributed by atoms with Crippen molar-refractivity contribution in [2.75, 3.05) is 5.33 Å². The lowest BCUT2D eigenvalue weighted by Crippen LogP contribution is -2.19. The lowest BCUT2D eigenvalue weighted by molar-refractivity contribution is 0.0342. The highest BCUT2D eigenvalue weighted by molar-refractivity contribution is 9.09. The molecule has 0 saturated heterocycles. The Morgan fingerprint density at radius 2 is 2.23 bits per heavy atom. The zero-order valence-corrected chi connectivity index (χ0v) is 8.90. The van der Waals surface area contributed by atoms with E-state index in [1.165, 1.54) is 0 Å². The van der Waals surface area contributed by atoms with Crippen molar-refractivity contribution in [1.82, 2.24) is 4.98 Å². The van der Waals surface area contributed by atoms with Crippen LogP contribution in [0.5, 0.6) is 0 Å². The minimum atomic E-state index is -0.846. The number of aliphatic hydroxyl groups excluding tert-OH is 2. The van der Waals surface area contributed by atoms with Crippen molar-refractivity contribution in [2.45, 2.75) is 19.1 Å². The lowest BCUT2D eigenvalue weighted by Gasteiger charge is -2.15. The van der Waals surface area contributed by atoms with Crippen LogP contribution in [0.2, 0.25) is 0 Å². The molecule has 0 fully saturated rings. The number of aliphatic hydroxyl groups is 2. The standard InChI is InChI=1S/C9H12BrNO2/c1-6-4-7(2-3-11-6)9(13)8(12)5-10/h2-4,8-9,12-13H,5H2,1H3. The van der Waals surface area contributed by atoms with Gasteiger partial charge in [-0.2, -0.15) is 0 Å². The summed E-state index contributed by atoms with van der Waals surface area (Å²) in [4.78, 5) is 4.00. The molecule has 0 aliphatic heterocycles. The van der Waals surface area contributed by atoms with Crippen LogP contribution in [0, 0.1) is 6.92 Å². The summed E-state index contributed by atoms with van der Waals surface area (Å²) in [5, 5.41) is 19.3. The number of nitrogens with zero attached hydrogens (tertiary/aromatic N) is 1. The molecule has 0 aliphatic rings. The van der Waals surface area contributed by atoms with Crippen molar-refractivity contribution in [2.24, 2.45) is 0 Å². The largest absolute Gasteiger partial charge is 0.389 e. The maximum absolute atomic E-state index is 9.61. The summed E-state index contributed by atoms with van der Waals surface area (Å²) >= 11 is 3.11. The van der Waals surface area contributed by atoms with Gasteiger partial charge in [0.05, 0.1) is 6.10 Å². The van der Waals surface area contributed by atoms with Crippen LogP contribution in [0.1, 0.15) is 17.4 Å². The summed E-state index contributed by atoms with van der Waals surface area (Å²) in [5.74, 6) is 0. The Bertz CT molecular complexity index is 280. The summed E-state index contributed by atoms with van der Waals surface area (Å²) < 4.78 is 0. The predicted molar refractivity (Wildman–Crippen MR) is 53.7 cm³/mol. The third-order valence-electron chi connectivity index (χ3n) is 1.78. The van der Waals surface area contributed by atoms with Gasteiger partial charge in [-0.1, -0.05) is 15.9 Å². The van der Waals surface area contributed by atoms with E-state index >= 15 is 0 Å². The fraction of sp³-hybridized carbons (Fsp3) is 0.444. The Kier molecular flexibility index (Phi) is 3.84. The Labute approximate surface area is 85.6 Å². The first-order valence-electron chi connectivity index (χ1n) is 4.00. The monoisotopic (exact) mass is 245 g/mol. The third-order valence-corrected chi connectivity index (χ3v) is 2.45. The molecule has 0 radical (unpaired) electrons. The predicted octanol–water partition coefficient (Wildman–Crippen LogP) is 1.18. The number of aromatic nitrogens is 1. The van der Waals surface area contributed by atoms with E-state index in [-0.39, 0.29) is 0 Å². The smallest absolute Gasteiger partial charge is 0.106 e. The highest BCUT2D eigenvalue weighted by Crippen LogP contribution is 2.17. The highest BCUT2D eigenvalue weighted by atomic mass is 79.9. The number of hydrogen-bond acceptors (Lipinski definition) is 3. The van der Waals surface area contributed by atoms with Gasteiger partial charge >= 0.3 is 0 Å². The summed E-state index contributed by atoms with van der Waals surface area (Å²) in [6, 6.07) is 3.46. The van der Waals surface area contributed by atoms with Gasteiger partial charge < -0.3 is 10.2 Å². The second-order valence-electron chi connectivity index (χ2n) is 2.90. The minimum absolute atomic E-state index is 0.357. The van der Waals surface area contributed by atoms with E-state index in [9.17, 15) is 10.2 Å². The molecule has 13 heavy (non-hydrogen) atoms. The molecule has 2 N–H and O–H groups in total. The Morgan fingerprint density at radius 3 is 2.77 bits per heavy atom. The van der Waals surface area contributed by atoms with E-state index in [0.29, 0.717) is 10.9 Å². The number of rotatable bonds is 3. The molecule has 0 aliphatic carbocycles. The molecule has 0 amide bonds. The Hall–Kier alpha value is -0.450. The van der Waals surface area contributed by atoms with Crippen LogP contribution in [0.4, 0.5) is 0 Å². The Morgan fingerprint density at radius 1 is 1.54 bits per heavy atom. The fourth-order valence-electron chi connectivity index (χ4n) is 1.06. The molecule has 1 aromatic heterocycles. The fourth-order valence-corrected chi connectivity index (χ4v) is 1.41. The van der Waals surface area contributed by atoms with Crippen molar-refractivity contribution >= 4 is 15.9 Å². The summed E-state index contributed by atoms with van der Waals surface area (Å²) in [6.45, 7) is 1.84. The molecule has 2 unspecified atom stereocenters. The Balaban J connectivity index is 2.82. The van der Waals surface area contributed by atoms with Gasteiger partial charge in [0.25, 0.3) is 0 Å². The number of halogens is 1.